The SMILES string of the molecule is CCCCCCCCC=CCCCCCCCCN(CCCOC)C[C@H](O)[C@@H](O)[C@H](O)[C@H](O)CO. The molecule has 0 amide bonds. The van der Waals surface area contributed by atoms with Gasteiger partial charge in [-0.05, 0) is 45.1 Å². The number of methoxy groups -OCH3 is 1. The van der Waals surface area contributed by atoms with E-state index in [9.17, 15) is 20.4 Å². The Labute approximate surface area is 215 Å². The molecule has 210 valence electrons. The van der Waals surface area contributed by atoms with Gasteiger partial charge < -0.3 is 35.2 Å². The van der Waals surface area contributed by atoms with Crippen LogP contribution in [0, 0.1) is 0 Å². The van der Waals surface area contributed by atoms with Gasteiger partial charge in [0.15, 0.2) is 0 Å². The Kier molecular flexibility index (Phi) is 24.7. The summed E-state index contributed by atoms with van der Waals surface area (Å²) in [5.74, 6) is 0. The van der Waals surface area contributed by atoms with Crippen LogP contribution in [0.4, 0.5) is 0 Å². The Bertz CT molecular complexity index is 465. The zero-order valence-corrected chi connectivity index (χ0v) is 22.7. The maximum absolute atomic E-state index is 10.3. The van der Waals surface area contributed by atoms with E-state index in [1.54, 1.807) is 7.11 Å². The van der Waals surface area contributed by atoms with E-state index in [0.29, 0.717) is 6.61 Å². The molecule has 35 heavy (non-hydrogen) atoms. The van der Waals surface area contributed by atoms with Crippen molar-refractivity contribution in [3.8, 4) is 0 Å². The van der Waals surface area contributed by atoms with Gasteiger partial charge in [-0.25, -0.2) is 0 Å². The van der Waals surface area contributed by atoms with E-state index in [0.717, 1.165) is 32.4 Å². The second-order valence-corrected chi connectivity index (χ2v) is 9.88. The fourth-order valence-corrected chi connectivity index (χ4v) is 4.25. The molecule has 0 rings (SSSR count). The van der Waals surface area contributed by atoms with Gasteiger partial charge >= 0.3 is 0 Å². The van der Waals surface area contributed by atoms with Gasteiger partial charge in [0, 0.05) is 26.8 Å². The normalized spacial score (nSPS) is 15.7. The molecule has 0 radical (unpaired) electrons. The number of hydrogen-bond acceptors (Lipinski definition) is 7. The lowest BCUT2D eigenvalue weighted by Gasteiger charge is -2.30. The minimum absolute atomic E-state index is 0.200. The number of nitrogens with zero attached hydrogens (tertiary/aromatic N) is 1. The van der Waals surface area contributed by atoms with Gasteiger partial charge in [0.25, 0.3) is 0 Å². The first kappa shape index (κ1) is 34.5. The molecule has 5 N–H and O–H groups in total. The smallest absolute Gasteiger partial charge is 0.111 e. The summed E-state index contributed by atoms with van der Waals surface area (Å²) >= 11 is 0. The minimum Gasteiger partial charge on any atom is -0.394 e. The Morgan fingerprint density at radius 3 is 1.69 bits per heavy atom. The highest BCUT2D eigenvalue weighted by Gasteiger charge is 2.30. The second-order valence-electron chi connectivity index (χ2n) is 9.88. The number of allylic oxidation sites excluding steroid dienone is 2. The van der Waals surface area contributed by atoms with Crippen molar-refractivity contribution < 1.29 is 30.3 Å². The largest absolute Gasteiger partial charge is 0.394 e. The molecule has 0 bridgehead atoms. The number of aliphatic hydroxyl groups excluding tert-OH is 5. The molecular weight excluding hydrogens is 446 g/mol. The number of unbranched alkanes of at least 4 members (excludes halogenated alkanes) is 12. The van der Waals surface area contributed by atoms with Crippen molar-refractivity contribution in [3.63, 3.8) is 0 Å². The Balaban J connectivity index is 3.95. The van der Waals surface area contributed by atoms with E-state index >= 15 is 0 Å². The second kappa shape index (κ2) is 25.1. The first-order valence-corrected chi connectivity index (χ1v) is 14.2. The molecule has 7 nitrogen and oxygen atoms in total. The topological polar surface area (TPSA) is 114 Å². The Hall–Kier alpha value is -0.540. The Morgan fingerprint density at radius 2 is 1.14 bits per heavy atom. The summed E-state index contributed by atoms with van der Waals surface area (Å²) in [6.45, 7) is 3.93. The van der Waals surface area contributed by atoms with Crippen LogP contribution in [0.2, 0.25) is 0 Å². The third-order valence-electron chi connectivity index (χ3n) is 6.58. The van der Waals surface area contributed by atoms with Crippen molar-refractivity contribution in [2.75, 3.05) is 40.0 Å². The van der Waals surface area contributed by atoms with Crippen LogP contribution in [0.3, 0.4) is 0 Å². The molecule has 0 aliphatic heterocycles. The fourth-order valence-electron chi connectivity index (χ4n) is 4.25. The highest BCUT2D eigenvalue weighted by molar-refractivity contribution is 4.83. The van der Waals surface area contributed by atoms with Crippen LogP contribution in [0.25, 0.3) is 0 Å². The third kappa shape index (κ3) is 20.2. The average Bonchev–Trinajstić information content (AvgIpc) is 2.86. The lowest BCUT2D eigenvalue weighted by molar-refractivity contribution is -0.119. The van der Waals surface area contributed by atoms with Crippen LogP contribution in [0.1, 0.15) is 103 Å². The van der Waals surface area contributed by atoms with Crippen molar-refractivity contribution in [3.05, 3.63) is 12.2 Å². The molecule has 0 saturated carbocycles. The van der Waals surface area contributed by atoms with Crippen molar-refractivity contribution in [2.45, 2.75) is 128 Å². The van der Waals surface area contributed by atoms with Crippen molar-refractivity contribution in [1.29, 1.82) is 0 Å². The van der Waals surface area contributed by atoms with Crippen LogP contribution in [0.5, 0.6) is 0 Å². The van der Waals surface area contributed by atoms with E-state index in [4.69, 9.17) is 9.84 Å². The molecule has 0 aromatic rings. The molecule has 4 atom stereocenters. The fraction of sp³-hybridized carbons (Fsp3) is 0.929. The van der Waals surface area contributed by atoms with Gasteiger partial charge in [-0.2, -0.15) is 0 Å². The molecule has 0 aromatic heterocycles. The van der Waals surface area contributed by atoms with E-state index in [1.807, 2.05) is 0 Å². The van der Waals surface area contributed by atoms with Gasteiger partial charge in [-0.15, -0.1) is 0 Å². The monoisotopic (exact) mass is 503 g/mol. The average molecular weight is 504 g/mol. The van der Waals surface area contributed by atoms with Crippen molar-refractivity contribution in [1.82, 2.24) is 4.90 Å². The highest BCUT2D eigenvalue weighted by atomic mass is 16.5. The summed E-state index contributed by atoms with van der Waals surface area (Å²) in [7, 11) is 1.65. The summed E-state index contributed by atoms with van der Waals surface area (Å²) in [6, 6.07) is 0. The molecule has 0 unspecified atom stereocenters. The van der Waals surface area contributed by atoms with Gasteiger partial charge in [0.1, 0.15) is 18.3 Å². The standard InChI is InChI=1S/C28H57NO6/c1-3-4-5-6-7-8-9-10-11-12-13-14-15-16-17-18-20-29(21-19-22-35-2)23-25(31)27(33)28(34)26(32)24-30/h10-11,25-28,30-34H,3-9,12-24H2,1-2H3/t25-,26+,27+,28+/m0/s1. The third-order valence-corrected chi connectivity index (χ3v) is 6.58. The summed E-state index contributed by atoms with van der Waals surface area (Å²) in [5, 5.41) is 48.7. The van der Waals surface area contributed by atoms with Crippen LogP contribution in [-0.2, 0) is 4.74 Å². The molecular formula is C28H57NO6. The van der Waals surface area contributed by atoms with E-state index in [2.05, 4.69) is 24.0 Å². The quantitative estimate of drug-likeness (QED) is 0.0901. The lowest BCUT2D eigenvalue weighted by atomic mass is 10.0. The maximum atomic E-state index is 10.3. The molecule has 0 aliphatic rings. The van der Waals surface area contributed by atoms with Gasteiger partial charge in [-0.1, -0.05) is 76.9 Å². The molecule has 0 fully saturated rings. The summed E-state index contributed by atoms with van der Waals surface area (Å²) < 4.78 is 5.12. The molecule has 7 heteroatoms. The van der Waals surface area contributed by atoms with E-state index < -0.39 is 31.0 Å². The van der Waals surface area contributed by atoms with Crippen LogP contribution >= 0.6 is 0 Å². The first-order valence-electron chi connectivity index (χ1n) is 14.2. The number of aliphatic hydroxyl groups is 5. The summed E-state index contributed by atoms with van der Waals surface area (Å²) in [5.41, 5.74) is 0. The molecule has 0 aliphatic carbocycles. The minimum atomic E-state index is -1.58. The maximum Gasteiger partial charge on any atom is 0.111 e. The number of hydrogen-bond donors (Lipinski definition) is 5. The molecule has 0 saturated heterocycles. The van der Waals surface area contributed by atoms with E-state index in [1.165, 1.54) is 77.0 Å². The molecule has 0 spiro atoms. The lowest BCUT2D eigenvalue weighted by Crippen LogP contribution is -2.50. The van der Waals surface area contributed by atoms with Crippen molar-refractivity contribution >= 4 is 0 Å². The highest BCUT2D eigenvalue weighted by Crippen LogP contribution is 2.12. The first-order chi connectivity index (χ1) is 17.0. The number of ether oxygens (including phenoxy) is 1. The van der Waals surface area contributed by atoms with Crippen molar-refractivity contribution in [2.24, 2.45) is 0 Å². The number of rotatable bonds is 26. The summed E-state index contributed by atoms with van der Waals surface area (Å²) in [4.78, 5) is 2.07. The molecule has 0 aromatic carbocycles. The Morgan fingerprint density at radius 1 is 0.657 bits per heavy atom. The van der Waals surface area contributed by atoms with Gasteiger partial charge in [0.2, 0.25) is 0 Å². The predicted octanol–water partition coefficient (Wildman–Crippen LogP) is 3.80. The zero-order chi connectivity index (χ0) is 26.2. The predicted molar refractivity (Wildman–Crippen MR) is 143 cm³/mol. The summed E-state index contributed by atoms with van der Waals surface area (Å²) in [6.07, 6.45) is 17.4. The zero-order valence-electron chi connectivity index (χ0n) is 22.7. The molecule has 0 heterocycles. The van der Waals surface area contributed by atoms with E-state index in [-0.39, 0.29) is 6.54 Å². The van der Waals surface area contributed by atoms with Gasteiger partial charge in [-0.3, -0.25) is 0 Å². The van der Waals surface area contributed by atoms with Gasteiger partial charge in [0.05, 0.1) is 12.7 Å². The van der Waals surface area contributed by atoms with Crippen LogP contribution < -0.4 is 0 Å². The van der Waals surface area contributed by atoms with Crippen LogP contribution in [-0.4, -0.2) is 94.8 Å². The van der Waals surface area contributed by atoms with Crippen LogP contribution in [0.15, 0.2) is 12.2 Å².